The number of rotatable bonds is 2. The molecule has 2 heterocycles. The van der Waals surface area contributed by atoms with Crippen LogP contribution in [0.2, 0.25) is 0 Å². The van der Waals surface area contributed by atoms with E-state index in [1.165, 1.54) is 21.0 Å². The molecule has 0 aliphatic carbocycles. The topological polar surface area (TPSA) is 35.9 Å². The second kappa shape index (κ2) is 5.41. The van der Waals surface area contributed by atoms with Gasteiger partial charge in [-0.15, -0.1) is 11.8 Å². The van der Waals surface area contributed by atoms with Crippen molar-refractivity contribution in [3.8, 4) is 0 Å². The average Bonchev–Trinajstić information content (AvgIpc) is 2.95. The first-order valence-electron chi connectivity index (χ1n) is 7.75. The van der Waals surface area contributed by atoms with E-state index in [1.54, 1.807) is 13.3 Å². The fourth-order valence-electron chi connectivity index (χ4n) is 3.45. The molecular weight excluding hydrogens is 306 g/mol. The molecule has 0 bridgehead atoms. The van der Waals surface area contributed by atoms with Crippen molar-refractivity contribution < 1.29 is 4.79 Å². The number of fused-ring (bicyclic) bond motifs is 1. The number of likely N-dealkylation sites (N-methyl/N-ethyl adjacent to an activating group) is 1. The molecule has 23 heavy (non-hydrogen) atoms. The Morgan fingerprint density at radius 1 is 1.35 bits per heavy atom. The standard InChI is InChI=1S/C18H23N3OS/c1-11-12(7-8-14-15(11)18(2,3)10-23-14)16(20(4)5)13-9-19-21(6)17(13)22/h7-9H,10H2,1-6H3/b16-13-. The van der Waals surface area contributed by atoms with Crippen LogP contribution in [0.15, 0.2) is 27.7 Å². The van der Waals surface area contributed by atoms with Gasteiger partial charge in [0.25, 0.3) is 5.91 Å². The number of benzene rings is 1. The Bertz CT molecular complexity index is 747. The lowest BCUT2D eigenvalue weighted by molar-refractivity contribution is -0.124. The molecule has 0 saturated heterocycles. The minimum atomic E-state index is -0.0535. The van der Waals surface area contributed by atoms with Crippen molar-refractivity contribution in [3.63, 3.8) is 0 Å². The molecule has 0 fully saturated rings. The van der Waals surface area contributed by atoms with Crippen molar-refractivity contribution in [1.29, 1.82) is 0 Å². The van der Waals surface area contributed by atoms with E-state index in [0.29, 0.717) is 5.57 Å². The number of carbonyl (C=O) groups excluding carboxylic acids is 1. The maximum absolute atomic E-state index is 12.4. The molecule has 2 aliphatic heterocycles. The minimum Gasteiger partial charge on any atom is -0.376 e. The van der Waals surface area contributed by atoms with Crippen LogP contribution in [0, 0.1) is 6.92 Å². The Morgan fingerprint density at radius 3 is 2.61 bits per heavy atom. The maximum Gasteiger partial charge on any atom is 0.277 e. The van der Waals surface area contributed by atoms with Crippen molar-refractivity contribution in [2.45, 2.75) is 31.1 Å². The van der Waals surface area contributed by atoms with Gasteiger partial charge in [-0.1, -0.05) is 19.9 Å². The van der Waals surface area contributed by atoms with Gasteiger partial charge in [0.1, 0.15) is 0 Å². The van der Waals surface area contributed by atoms with E-state index < -0.39 is 0 Å². The Hall–Kier alpha value is -1.75. The summed E-state index contributed by atoms with van der Waals surface area (Å²) in [6.07, 6.45) is 1.67. The van der Waals surface area contributed by atoms with Crippen LogP contribution in [-0.4, -0.2) is 48.9 Å². The predicted molar refractivity (Wildman–Crippen MR) is 96.8 cm³/mol. The molecule has 0 radical (unpaired) electrons. The molecule has 3 rings (SSSR count). The van der Waals surface area contributed by atoms with E-state index in [-0.39, 0.29) is 11.3 Å². The van der Waals surface area contributed by atoms with Crippen molar-refractivity contribution in [3.05, 3.63) is 34.4 Å². The predicted octanol–water partition coefficient (Wildman–Crippen LogP) is 3.11. The monoisotopic (exact) mass is 329 g/mol. The number of hydrogen-bond acceptors (Lipinski definition) is 4. The quantitative estimate of drug-likeness (QED) is 0.782. The van der Waals surface area contributed by atoms with E-state index in [2.05, 4.69) is 38.0 Å². The molecule has 2 aliphatic rings. The van der Waals surface area contributed by atoms with Crippen molar-refractivity contribution >= 4 is 29.6 Å². The number of carbonyl (C=O) groups is 1. The molecule has 5 heteroatoms. The normalized spacial score (nSPS) is 21.0. The van der Waals surface area contributed by atoms with Gasteiger partial charge in [-0.05, 0) is 24.1 Å². The average molecular weight is 329 g/mol. The fourth-order valence-corrected chi connectivity index (χ4v) is 4.85. The second-order valence-corrected chi connectivity index (χ2v) is 8.03. The lowest BCUT2D eigenvalue weighted by Gasteiger charge is -2.26. The molecule has 122 valence electrons. The third-order valence-corrected chi connectivity index (χ3v) is 6.05. The van der Waals surface area contributed by atoms with Gasteiger partial charge in [0.05, 0.1) is 17.5 Å². The zero-order chi connectivity index (χ0) is 16.9. The van der Waals surface area contributed by atoms with Crippen LogP contribution in [0.25, 0.3) is 5.70 Å². The molecule has 1 amide bonds. The molecule has 0 N–H and O–H groups in total. The second-order valence-electron chi connectivity index (χ2n) is 7.01. The van der Waals surface area contributed by atoms with E-state index in [4.69, 9.17) is 0 Å². The highest BCUT2D eigenvalue weighted by Gasteiger charge is 2.34. The van der Waals surface area contributed by atoms with Crippen LogP contribution in [-0.2, 0) is 10.2 Å². The zero-order valence-corrected chi connectivity index (χ0v) is 15.4. The Kier molecular flexibility index (Phi) is 3.79. The SMILES string of the molecule is Cc1c(/C(=C2\C=NN(C)C2=O)N(C)C)ccc2c1C(C)(C)CS2. The summed E-state index contributed by atoms with van der Waals surface area (Å²) < 4.78 is 0. The van der Waals surface area contributed by atoms with Gasteiger partial charge < -0.3 is 4.90 Å². The first kappa shape index (κ1) is 16.1. The maximum atomic E-state index is 12.4. The van der Waals surface area contributed by atoms with E-state index in [0.717, 1.165) is 17.0 Å². The first-order valence-corrected chi connectivity index (χ1v) is 8.73. The summed E-state index contributed by atoms with van der Waals surface area (Å²) >= 11 is 1.92. The lowest BCUT2D eigenvalue weighted by atomic mass is 9.82. The van der Waals surface area contributed by atoms with Gasteiger partial charge in [0.15, 0.2) is 0 Å². The lowest BCUT2D eigenvalue weighted by Crippen LogP contribution is -2.23. The molecule has 4 nitrogen and oxygen atoms in total. The van der Waals surface area contributed by atoms with Gasteiger partial charge in [0, 0.05) is 42.8 Å². The smallest absolute Gasteiger partial charge is 0.277 e. The number of hydrazone groups is 1. The highest BCUT2D eigenvalue weighted by molar-refractivity contribution is 7.99. The summed E-state index contributed by atoms with van der Waals surface area (Å²) in [4.78, 5) is 15.8. The number of amides is 1. The fraction of sp³-hybridized carbons (Fsp3) is 0.444. The van der Waals surface area contributed by atoms with E-state index >= 15 is 0 Å². The highest BCUT2D eigenvalue weighted by Crippen LogP contribution is 2.47. The van der Waals surface area contributed by atoms with E-state index in [1.807, 2.05) is 30.8 Å². The summed E-state index contributed by atoms with van der Waals surface area (Å²) in [7, 11) is 5.65. The Balaban J connectivity index is 2.24. The van der Waals surface area contributed by atoms with Gasteiger partial charge >= 0.3 is 0 Å². The van der Waals surface area contributed by atoms with Crippen LogP contribution in [0.5, 0.6) is 0 Å². The molecule has 0 unspecified atom stereocenters. The largest absolute Gasteiger partial charge is 0.376 e. The minimum absolute atomic E-state index is 0.0535. The molecule has 0 atom stereocenters. The molecule has 0 saturated carbocycles. The molecule has 1 aromatic carbocycles. The number of hydrogen-bond donors (Lipinski definition) is 0. The molecule has 0 aromatic heterocycles. The third kappa shape index (κ3) is 2.47. The van der Waals surface area contributed by atoms with Crippen LogP contribution >= 0.6 is 11.8 Å². The zero-order valence-electron chi connectivity index (χ0n) is 14.6. The van der Waals surface area contributed by atoms with Crippen LogP contribution < -0.4 is 0 Å². The number of thioether (sulfide) groups is 1. The molecule has 1 aromatic rings. The Labute approximate surface area is 142 Å². The molecular formula is C18H23N3OS. The summed E-state index contributed by atoms with van der Waals surface area (Å²) in [6.45, 7) is 6.76. The van der Waals surface area contributed by atoms with Gasteiger partial charge in [-0.25, -0.2) is 5.01 Å². The van der Waals surface area contributed by atoms with Crippen LogP contribution in [0.1, 0.15) is 30.5 Å². The first-order chi connectivity index (χ1) is 10.7. The van der Waals surface area contributed by atoms with Crippen molar-refractivity contribution in [1.82, 2.24) is 9.91 Å². The summed E-state index contributed by atoms with van der Waals surface area (Å²) in [5, 5.41) is 5.52. The van der Waals surface area contributed by atoms with Crippen LogP contribution in [0.4, 0.5) is 0 Å². The number of nitrogens with zero attached hydrogens (tertiary/aromatic N) is 3. The van der Waals surface area contributed by atoms with Crippen molar-refractivity contribution in [2.24, 2.45) is 5.10 Å². The third-order valence-electron chi connectivity index (χ3n) is 4.53. The van der Waals surface area contributed by atoms with Gasteiger partial charge in [-0.2, -0.15) is 5.10 Å². The summed E-state index contributed by atoms with van der Waals surface area (Å²) in [6, 6.07) is 4.34. The summed E-state index contributed by atoms with van der Waals surface area (Å²) in [5.41, 5.74) is 5.56. The van der Waals surface area contributed by atoms with Crippen LogP contribution in [0.3, 0.4) is 0 Å². The molecule has 0 spiro atoms. The van der Waals surface area contributed by atoms with Gasteiger partial charge in [-0.3, -0.25) is 4.79 Å². The van der Waals surface area contributed by atoms with Gasteiger partial charge in [0.2, 0.25) is 0 Å². The summed E-state index contributed by atoms with van der Waals surface area (Å²) in [5.74, 6) is 1.05. The van der Waals surface area contributed by atoms with Crippen molar-refractivity contribution in [2.75, 3.05) is 26.9 Å². The van der Waals surface area contributed by atoms with E-state index in [9.17, 15) is 4.79 Å². The Morgan fingerprint density at radius 2 is 2.04 bits per heavy atom. The highest BCUT2D eigenvalue weighted by atomic mass is 32.2.